The maximum Gasteiger partial charge on any atom is 0.354 e. The molecule has 1 aromatic carbocycles. The number of rotatable bonds is 3. The number of amides is 1. The Kier molecular flexibility index (Phi) is 4.59. The van der Waals surface area contributed by atoms with Crippen molar-refractivity contribution >= 4 is 45.1 Å². The SMILES string of the molecule is Cc1cc(Br)c(NC(=O)c2ccc(C(=O)O)nc2)cc1Cl. The Morgan fingerprint density at radius 2 is 2.05 bits per heavy atom. The lowest BCUT2D eigenvalue weighted by molar-refractivity contribution is 0.0690. The number of carboxylic acids is 1. The van der Waals surface area contributed by atoms with Gasteiger partial charge in [0.05, 0.1) is 11.3 Å². The van der Waals surface area contributed by atoms with Crippen molar-refractivity contribution < 1.29 is 14.7 Å². The summed E-state index contributed by atoms with van der Waals surface area (Å²) in [6.45, 7) is 1.85. The van der Waals surface area contributed by atoms with E-state index in [1.165, 1.54) is 18.3 Å². The van der Waals surface area contributed by atoms with E-state index in [0.29, 0.717) is 15.2 Å². The Labute approximate surface area is 134 Å². The molecule has 0 fully saturated rings. The lowest BCUT2D eigenvalue weighted by Crippen LogP contribution is -2.13. The van der Waals surface area contributed by atoms with Gasteiger partial charge in [-0.1, -0.05) is 11.6 Å². The summed E-state index contributed by atoms with van der Waals surface area (Å²) in [5.41, 5.74) is 1.54. The molecule has 108 valence electrons. The number of aryl methyl sites for hydroxylation is 1. The van der Waals surface area contributed by atoms with E-state index < -0.39 is 11.9 Å². The van der Waals surface area contributed by atoms with Crippen LogP contribution in [0.1, 0.15) is 26.4 Å². The van der Waals surface area contributed by atoms with Gasteiger partial charge in [-0.2, -0.15) is 0 Å². The molecule has 0 saturated heterocycles. The van der Waals surface area contributed by atoms with E-state index in [1.54, 1.807) is 12.1 Å². The first-order valence-corrected chi connectivity index (χ1v) is 7.02. The van der Waals surface area contributed by atoms with Crippen molar-refractivity contribution in [2.45, 2.75) is 6.92 Å². The second kappa shape index (κ2) is 6.24. The molecule has 0 atom stereocenters. The molecule has 5 nitrogen and oxygen atoms in total. The van der Waals surface area contributed by atoms with Crippen molar-refractivity contribution in [3.63, 3.8) is 0 Å². The summed E-state index contributed by atoms with van der Waals surface area (Å²) in [6, 6.07) is 6.10. The molecule has 21 heavy (non-hydrogen) atoms. The van der Waals surface area contributed by atoms with Gasteiger partial charge >= 0.3 is 5.97 Å². The van der Waals surface area contributed by atoms with Gasteiger partial charge in [0.1, 0.15) is 5.69 Å². The number of carbonyl (C=O) groups excluding carboxylic acids is 1. The van der Waals surface area contributed by atoms with Crippen molar-refractivity contribution in [2.24, 2.45) is 0 Å². The van der Waals surface area contributed by atoms with Crippen LogP contribution in [0.25, 0.3) is 0 Å². The number of anilines is 1. The molecule has 0 aliphatic carbocycles. The summed E-state index contributed by atoms with van der Waals surface area (Å²) in [4.78, 5) is 26.5. The summed E-state index contributed by atoms with van der Waals surface area (Å²) in [6.07, 6.45) is 1.21. The van der Waals surface area contributed by atoms with Gasteiger partial charge in [0.15, 0.2) is 0 Å². The first-order chi connectivity index (χ1) is 9.88. The van der Waals surface area contributed by atoms with Crippen LogP contribution < -0.4 is 5.32 Å². The fourth-order valence-corrected chi connectivity index (χ4v) is 2.31. The third-order valence-electron chi connectivity index (χ3n) is 2.74. The van der Waals surface area contributed by atoms with Gasteiger partial charge in [-0.15, -0.1) is 0 Å². The molecule has 2 aromatic rings. The minimum absolute atomic E-state index is 0.119. The average molecular weight is 370 g/mol. The maximum atomic E-state index is 12.1. The summed E-state index contributed by atoms with van der Waals surface area (Å²) in [5.74, 6) is -1.55. The van der Waals surface area contributed by atoms with E-state index in [-0.39, 0.29) is 11.3 Å². The van der Waals surface area contributed by atoms with Gasteiger partial charge in [-0.05, 0) is 52.7 Å². The minimum atomic E-state index is -1.14. The second-order valence-corrected chi connectivity index (χ2v) is 5.53. The predicted octanol–water partition coefficient (Wildman–Crippen LogP) is 3.76. The van der Waals surface area contributed by atoms with Crippen molar-refractivity contribution in [2.75, 3.05) is 5.32 Å². The van der Waals surface area contributed by atoms with E-state index in [1.807, 2.05) is 6.92 Å². The number of hydrogen-bond donors (Lipinski definition) is 2. The van der Waals surface area contributed by atoms with E-state index >= 15 is 0 Å². The van der Waals surface area contributed by atoms with Crippen molar-refractivity contribution in [1.29, 1.82) is 0 Å². The Balaban J connectivity index is 2.22. The molecule has 2 rings (SSSR count). The van der Waals surface area contributed by atoms with E-state index in [4.69, 9.17) is 16.7 Å². The topological polar surface area (TPSA) is 79.3 Å². The Hall–Kier alpha value is -1.92. The van der Waals surface area contributed by atoms with Gasteiger partial charge < -0.3 is 10.4 Å². The highest BCUT2D eigenvalue weighted by atomic mass is 79.9. The lowest BCUT2D eigenvalue weighted by Gasteiger charge is -2.09. The monoisotopic (exact) mass is 368 g/mol. The molecule has 0 radical (unpaired) electrons. The number of hydrogen-bond acceptors (Lipinski definition) is 3. The molecule has 1 amide bonds. The number of pyridine rings is 1. The van der Waals surface area contributed by atoms with Crippen LogP contribution in [0.4, 0.5) is 5.69 Å². The van der Waals surface area contributed by atoms with Gasteiger partial charge in [0.2, 0.25) is 0 Å². The van der Waals surface area contributed by atoms with Crippen LogP contribution in [-0.4, -0.2) is 22.0 Å². The number of carbonyl (C=O) groups is 2. The van der Waals surface area contributed by atoms with E-state index in [0.717, 1.165) is 5.56 Å². The van der Waals surface area contributed by atoms with Crippen LogP contribution in [-0.2, 0) is 0 Å². The number of nitrogens with zero attached hydrogens (tertiary/aromatic N) is 1. The first-order valence-electron chi connectivity index (χ1n) is 5.85. The molecule has 1 aromatic heterocycles. The zero-order valence-electron chi connectivity index (χ0n) is 10.9. The number of halogens is 2. The average Bonchev–Trinajstić information content (AvgIpc) is 2.44. The second-order valence-electron chi connectivity index (χ2n) is 4.27. The molecular weight excluding hydrogens is 360 g/mol. The van der Waals surface area contributed by atoms with Crippen LogP contribution in [0.15, 0.2) is 34.9 Å². The zero-order chi connectivity index (χ0) is 15.6. The van der Waals surface area contributed by atoms with Crippen molar-refractivity contribution in [3.8, 4) is 0 Å². The number of aromatic carboxylic acids is 1. The lowest BCUT2D eigenvalue weighted by atomic mass is 10.2. The van der Waals surface area contributed by atoms with Gasteiger partial charge in [0.25, 0.3) is 5.91 Å². The van der Waals surface area contributed by atoms with Crippen LogP contribution in [0.2, 0.25) is 5.02 Å². The molecule has 0 spiro atoms. The van der Waals surface area contributed by atoms with Gasteiger partial charge in [-0.3, -0.25) is 4.79 Å². The Morgan fingerprint density at radius 1 is 1.33 bits per heavy atom. The van der Waals surface area contributed by atoms with Crippen LogP contribution in [0.5, 0.6) is 0 Å². The normalized spacial score (nSPS) is 10.2. The van der Waals surface area contributed by atoms with Crippen LogP contribution in [0.3, 0.4) is 0 Å². The number of carboxylic acid groups (broad SMARTS) is 1. The number of nitrogens with one attached hydrogen (secondary N) is 1. The highest BCUT2D eigenvalue weighted by Crippen LogP contribution is 2.29. The highest BCUT2D eigenvalue weighted by molar-refractivity contribution is 9.10. The van der Waals surface area contributed by atoms with Crippen molar-refractivity contribution in [3.05, 3.63) is 56.8 Å². The fourth-order valence-electron chi connectivity index (χ4n) is 1.59. The fraction of sp³-hybridized carbons (Fsp3) is 0.0714. The third kappa shape index (κ3) is 3.59. The molecule has 0 saturated carbocycles. The Morgan fingerprint density at radius 3 is 2.62 bits per heavy atom. The zero-order valence-corrected chi connectivity index (χ0v) is 13.2. The maximum absolute atomic E-state index is 12.1. The minimum Gasteiger partial charge on any atom is -0.477 e. The summed E-state index contributed by atoms with van der Waals surface area (Å²) in [5, 5.41) is 12.0. The largest absolute Gasteiger partial charge is 0.477 e. The smallest absolute Gasteiger partial charge is 0.354 e. The van der Waals surface area contributed by atoms with Crippen LogP contribution in [0, 0.1) is 6.92 Å². The summed E-state index contributed by atoms with van der Waals surface area (Å²) >= 11 is 9.37. The number of aromatic nitrogens is 1. The molecule has 0 bridgehead atoms. The predicted molar refractivity (Wildman–Crippen MR) is 83.0 cm³/mol. The third-order valence-corrected chi connectivity index (χ3v) is 3.80. The molecule has 7 heteroatoms. The van der Waals surface area contributed by atoms with E-state index in [9.17, 15) is 9.59 Å². The quantitative estimate of drug-likeness (QED) is 0.863. The van der Waals surface area contributed by atoms with Gasteiger partial charge in [-0.25, -0.2) is 9.78 Å². The molecule has 0 aliphatic rings. The molecule has 0 aliphatic heterocycles. The van der Waals surface area contributed by atoms with Crippen molar-refractivity contribution in [1.82, 2.24) is 4.98 Å². The standard InChI is InChI=1S/C14H10BrClN2O3/c1-7-4-9(15)12(5-10(7)16)18-13(19)8-2-3-11(14(20)21)17-6-8/h2-6H,1H3,(H,18,19)(H,20,21). The van der Waals surface area contributed by atoms with Crippen LogP contribution >= 0.6 is 27.5 Å². The summed E-state index contributed by atoms with van der Waals surface area (Å²) in [7, 11) is 0. The van der Waals surface area contributed by atoms with E-state index in [2.05, 4.69) is 26.2 Å². The first kappa shape index (κ1) is 15.5. The molecule has 0 unspecified atom stereocenters. The highest BCUT2D eigenvalue weighted by Gasteiger charge is 2.12. The molecular formula is C14H10BrClN2O3. The Bertz CT molecular complexity index is 717. The van der Waals surface area contributed by atoms with Gasteiger partial charge in [0, 0.05) is 15.7 Å². The number of benzene rings is 1. The molecule has 2 N–H and O–H groups in total. The molecule has 1 heterocycles. The summed E-state index contributed by atoms with van der Waals surface area (Å²) < 4.78 is 0.702.